The van der Waals surface area contributed by atoms with E-state index >= 15 is 0 Å². The van der Waals surface area contributed by atoms with Gasteiger partial charge in [0.15, 0.2) is 0 Å². The number of nitrogens with zero attached hydrogens (tertiary/aromatic N) is 2. The van der Waals surface area contributed by atoms with Crippen molar-refractivity contribution in [3.8, 4) is 0 Å². The topological polar surface area (TPSA) is 45.2 Å². The highest BCUT2D eigenvalue weighted by atomic mass is 16.2. The van der Waals surface area contributed by atoms with Crippen LogP contribution in [0.5, 0.6) is 0 Å². The summed E-state index contributed by atoms with van der Waals surface area (Å²) in [5.41, 5.74) is 0.515. The average Bonchev–Trinajstić information content (AvgIpc) is 2.40. The van der Waals surface area contributed by atoms with Crippen molar-refractivity contribution in [1.29, 1.82) is 0 Å². The Morgan fingerprint density at radius 3 is 2.63 bits per heavy atom. The van der Waals surface area contributed by atoms with Crippen LogP contribution < -0.4 is 5.32 Å². The van der Waals surface area contributed by atoms with Crippen LogP contribution in [-0.4, -0.2) is 34.9 Å². The molecule has 2 heterocycles. The molecule has 1 fully saturated rings. The lowest BCUT2D eigenvalue weighted by Crippen LogP contribution is -2.47. The summed E-state index contributed by atoms with van der Waals surface area (Å²) >= 11 is 0. The lowest BCUT2D eigenvalue weighted by Gasteiger charge is -2.40. The number of hydrogen-bond donors (Lipinski definition) is 1. The number of carbonyl (C=O) groups excluding carboxylic acids is 1. The molecule has 104 valence electrons. The van der Waals surface area contributed by atoms with Gasteiger partial charge in [0.25, 0.3) is 0 Å². The molecule has 0 unspecified atom stereocenters. The minimum atomic E-state index is -0.263. The van der Waals surface area contributed by atoms with Crippen molar-refractivity contribution >= 4 is 11.6 Å². The number of amides is 1. The van der Waals surface area contributed by atoms with Gasteiger partial charge in [-0.05, 0) is 51.9 Å². The molecule has 2 rings (SSSR count). The predicted octanol–water partition coefficient (Wildman–Crippen LogP) is 2.53. The first-order valence-electron chi connectivity index (χ1n) is 6.97. The van der Waals surface area contributed by atoms with Crippen molar-refractivity contribution in [2.24, 2.45) is 5.41 Å². The van der Waals surface area contributed by atoms with Gasteiger partial charge in [0.1, 0.15) is 0 Å². The van der Waals surface area contributed by atoms with Crippen LogP contribution in [0.4, 0.5) is 5.69 Å². The van der Waals surface area contributed by atoms with Gasteiger partial charge in [0.2, 0.25) is 5.91 Å². The molecule has 1 aliphatic rings. The summed E-state index contributed by atoms with van der Waals surface area (Å²) in [6, 6.07) is 4.27. The molecular formula is C15H23N3O. The number of aromatic nitrogens is 1. The van der Waals surface area contributed by atoms with Gasteiger partial charge in [-0.15, -0.1) is 0 Å². The van der Waals surface area contributed by atoms with E-state index in [4.69, 9.17) is 0 Å². The minimum absolute atomic E-state index is 0.115. The Morgan fingerprint density at radius 2 is 2.11 bits per heavy atom. The maximum Gasteiger partial charge on any atom is 0.230 e. The second kappa shape index (κ2) is 5.70. The Labute approximate surface area is 115 Å². The van der Waals surface area contributed by atoms with Gasteiger partial charge >= 0.3 is 0 Å². The van der Waals surface area contributed by atoms with E-state index in [2.05, 4.69) is 36.0 Å². The monoisotopic (exact) mass is 261 g/mol. The third kappa shape index (κ3) is 3.32. The fourth-order valence-electron chi connectivity index (χ4n) is 2.48. The molecule has 0 atom stereocenters. The highest BCUT2D eigenvalue weighted by molar-refractivity contribution is 5.94. The first-order valence-corrected chi connectivity index (χ1v) is 6.97. The molecule has 0 aliphatic carbocycles. The van der Waals surface area contributed by atoms with Gasteiger partial charge in [-0.1, -0.05) is 6.92 Å². The molecule has 4 heteroatoms. The van der Waals surface area contributed by atoms with Crippen molar-refractivity contribution in [1.82, 2.24) is 9.88 Å². The molecule has 1 amide bonds. The maximum absolute atomic E-state index is 12.4. The summed E-state index contributed by atoms with van der Waals surface area (Å²) in [5.74, 6) is 0.115. The van der Waals surface area contributed by atoms with E-state index in [1.165, 1.54) is 0 Å². The second-order valence-electron chi connectivity index (χ2n) is 5.89. The Kier molecular flexibility index (Phi) is 4.20. The SMILES string of the molecule is CC(C)N1CCC(C)(C(=O)Nc2cccnc2)CC1. The van der Waals surface area contributed by atoms with Gasteiger partial charge in [-0.2, -0.15) is 0 Å². The van der Waals surface area contributed by atoms with Crippen molar-refractivity contribution in [3.05, 3.63) is 24.5 Å². The summed E-state index contributed by atoms with van der Waals surface area (Å²) in [6.45, 7) is 8.47. The van der Waals surface area contributed by atoms with Crippen molar-refractivity contribution in [2.75, 3.05) is 18.4 Å². The highest BCUT2D eigenvalue weighted by Crippen LogP contribution is 2.32. The van der Waals surface area contributed by atoms with E-state index in [-0.39, 0.29) is 11.3 Å². The smallest absolute Gasteiger partial charge is 0.230 e. The number of likely N-dealkylation sites (tertiary alicyclic amines) is 1. The van der Waals surface area contributed by atoms with Crippen molar-refractivity contribution < 1.29 is 4.79 Å². The predicted molar refractivity (Wildman–Crippen MR) is 76.9 cm³/mol. The number of rotatable bonds is 3. The van der Waals surface area contributed by atoms with E-state index in [0.29, 0.717) is 6.04 Å². The summed E-state index contributed by atoms with van der Waals surface area (Å²) in [4.78, 5) is 18.9. The Hall–Kier alpha value is -1.42. The Morgan fingerprint density at radius 1 is 1.42 bits per heavy atom. The average molecular weight is 261 g/mol. The maximum atomic E-state index is 12.4. The quantitative estimate of drug-likeness (QED) is 0.909. The highest BCUT2D eigenvalue weighted by Gasteiger charge is 2.37. The number of nitrogens with one attached hydrogen (secondary N) is 1. The molecule has 4 nitrogen and oxygen atoms in total. The largest absolute Gasteiger partial charge is 0.324 e. The third-order valence-electron chi connectivity index (χ3n) is 4.10. The van der Waals surface area contributed by atoms with Crippen LogP contribution in [0.2, 0.25) is 0 Å². The Bertz CT molecular complexity index is 422. The van der Waals surface area contributed by atoms with Crippen LogP contribution in [0.3, 0.4) is 0 Å². The molecule has 1 N–H and O–H groups in total. The van der Waals surface area contributed by atoms with E-state index in [0.717, 1.165) is 31.6 Å². The third-order valence-corrected chi connectivity index (χ3v) is 4.10. The molecule has 1 saturated heterocycles. The molecule has 0 saturated carbocycles. The molecular weight excluding hydrogens is 238 g/mol. The van der Waals surface area contributed by atoms with Gasteiger partial charge in [-0.25, -0.2) is 0 Å². The zero-order valence-electron chi connectivity index (χ0n) is 12.0. The summed E-state index contributed by atoms with van der Waals surface area (Å²) in [7, 11) is 0. The lowest BCUT2D eigenvalue weighted by molar-refractivity contribution is -0.127. The molecule has 0 aromatic carbocycles. The zero-order chi connectivity index (χ0) is 13.9. The fraction of sp³-hybridized carbons (Fsp3) is 0.600. The van der Waals surface area contributed by atoms with Gasteiger partial charge in [0.05, 0.1) is 11.9 Å². The minimum Gasteiger partial charge on any atom is -0.324 e. The standard InChI is InChI=1S/C15H23N3O/c1-12(2)18-9-6-15(3,7-10-18)14(19)17-13-5-4-8-16-11-13/h4-5,8,11-12H,6-7,9-10H2,1-3H3,(H,17,19). The van der Waals surface area contributed by atoms with E-state index in [1.54, 1.807) is 12.4 Å². The van der Waals surface area contributed by atoms with Gasteiger partial charge in [0, 0.05) is 17.7 Å². The number of hydrogen-bond acceptors (Lipinski definition) is 3. The van der Waals surface area contributed by atoms with Crippen LogP contribution in [0, 0.1) is 5.41 Å². The van der Waals surface area contributed by atoms with E-state index < -0.39 is 0 Å². The van der Waals surface area contributed by atoms with Crippen molar-refractivity contribution in [3.63, 3.8) is 0 Å². The summed E-state index contributed by atoms with van der Waals surface area (Å²) in [5, 5.41) is 2.98. The molecule has 0 spiro atoms. The van der Waals surface area contributed by atoms with Crippen LogP contribution in [0.15, 0.2) is 24.5 Å². The van der Waals surface area contributed by atoms with E-state index in [9.17, 15) is 4.79 Å². The second-order valence-corrected chi connectivity index (χ2v) is 5.89. The first kappa shape index (κ1) is 14.0. The lowest BCUT2D eigenvalue weighted by atomic mass is 9.79. The van der Waals surface area contributed by atoms with E-state index in [1.807, 2.05) is 12.1 Å². The number of carbonyl (C=O) groups is 1. The normalized spacial score (nSPS) is 19.4. The van der Waals surface area contributed by atoms with Crippen LogP contribution in [-0.2, 0) is 4.79 Å². The summed E-state index contributed by atoms with van der Waals surface area (Å²) in [6.07, 6.45) is 5.22. The first-order chi connectivity index (χ1) is 9.01. The number of anilines is 1. The molecule has 19 heavy (non-hydrogen) atoms. The fourth-order valence-corrected chi connectivity index (χ4v) is 2.48. The van der Waals surface area contributed by atoms with Crippen LogP contribution in [0.1, 0.15) is 33.6 Å². The van der Waals surface area contributed by atoms with Crippen LogP contribution in [0.25, 0.3) is 0 Å². The van der Waals surface area contributed by atoms with Crippen LogP contribution >= 0.6 is 0 Å². The van der Waals surface area contributed by atoms with Crippen molar-refractivity contribution in [2.45, 2.75) is 39.7 Å². The van der Waals surface area contributed by atoms with Gasteiger partial charge < -0.3 is 10.2 Å². The Balaban J connectivity index is 1.96. The summed E-state index contributed by atoms with van der Waals surface area (Å²) < 4.78 is 0. The number of piperidine rings is 1. The molecule has 1 aromatic heterocycles. The molecule has 1 aliphatic heterocycles. The zero-order valence-corrected chi connectivity index (χ0v) is 12.0. The van der Waals surface area contributed by atoms with Gasteiger partial charge in [-0.3, -0.25) is 9.78 Å². The molecule has 1 aromatic rings. The molecule has 0 bridgehead atoms. The number of pyridine rings is 1. The molecule has 0 radical (unpaired) electrons.